The lowest BCUT2D eigenvalue weighted by molar-refractivity contribution is -0.384. The number of rotatable bonds is 13. The second-order valence-corrected chi connectivity index (χ2v) is 11.0. The van der Waals surface area contributed by atoms with Crippen LogP contribution >= 0.6 is 0 Å². The first-order valence-corrected chi connectivity index (χ1v) is 14.7. The molecule has 0 fully saturated rings. The molecule has 3 aromatic carbocycles. The number of esters is 2. The molecule has 1 heterocycles. The van der Waals surface area contributed by atoms with Crippen LogP contribution in [-0.2, 0) is 19.1 Å². The monoisotopic (exact) mass is 597 g/mol. The van der Waals surface area contributed by atoms with E-state index < -0.39 is 28.7 Å². The maximum absolute atomic E-state index is 13.5. The fourth-order valence-electron chi connectivity index (χ4n) is 5.86. The highest BCUT2D eigenvalue weighted by Gasteiger charge is 2.42. The van der Waals surface area contributed by atoms with Gasteiger partial charge in [-0.15, -0.1) is 0 Å². The molecule has 2 unspecified atom stereocenters. The summed E-state index contributed by atoms with van der Waals surface area (Å²) in [6.45, 7) is 5.12. The Morgan fingerprint density at radius 3 is 2.18 bits per heavy atom. The van der Waals surface area contributed by atoms with Crippen molar-refractivity contribution in [2.24, 2.45) is 10.9 Å². The summed E-state index contributed by atoms with van der Waals surface area (Å²) < 4.78 is 10.8. The molecule has 1 aliphatic rings. The first-order chi connectivity index (χ1) is 21.2. The molecule has 1 aliphatic heterocycles. The Hall–Kier alpha value is -4.63. The predicted molar refractivity (Wildman–Crippen MR) is 170 cm³/mol. The second kappa shape index (κ2) is 15.2. The van der Waals surface area contributed by atoms with Gasteiger partial charge in [0.05, 0.1) is 24.2 Å². The van der Waals surface area contributed by atoms with Crippen molar-refractivity contribution < 1.29 is 24.0 Å². The normalized spacial score (nSPS) is 16.5. The van der Waals surface area contributed by atoms with Crippen LogP contribution in [0, 0.1) is 16.0 Å². The summed E-state index contributed by atoms with van der Waals surface area (Å²) in [5.41, 5.74) is 3.94. The molecule has 0 spiro atoms. The van der Waals surface area contributed by atoms with Crippen LogP contribution in [-0.4, -0.2) is 61.3 Å². The number of nitro groups is 1. The lowest BCUT2D eigenvalue weighted by atomic mass is 9.75. The van der Waals surface area contributed by atoms with Gasteiger partial charge < -0.3 is 14.4 Å². The van der Waals surface area contributed by atoms with Crippen LogP contribution in [0.4, 0.5) is 5.69 Å². The van der Waals surface area contributed by atoms with E-state index in [0.717, 1.165) is 19.5 Å². The van der Waals surface area contributed by atoms with E-state index in [1.807, 2.05) is 12.1 Å². The minimum absolute atomic E-state index is 0.138. The molecule has 0 N–H and O–H groups in total. The SMILES string of the molecule is COC(=O)C1C(C)=NC(C)=C(C(=O)OCCCN(C)CCC(c2ccccc2)c2ccccc2)C1c1cccc([N+](=O)[O-])c1. The van der Waals surface area contributed by atoms with E-state index in [1.165, 1.54) is 36.4 Å². The molecule has 44 heavy (non-hydrogen) atoms. The Morgan fingerprint density at radius 1 is 0.955 bits per heavy atom. The molecule has 0 amide bonds. The molecule has 9 heteroatoms. The standard InChI is InChI=1S/C35H39N3O6/c1-24-31(34(39)43-4)33(28-17-11-18-29(23-28)38(41)42)32(25(2)36-24)35(40)44-22-12-20-37(3)21-19-30(26-13-7-5-8-14-26)27-15-9-6-10-16-27/h5-11,13-18,23,30-31,33H,12,19-22H2,1-4H3. The molecule has 0 bridgehead atoms. The Morgan fingerprint density at radius 2 is 1.59 bits per heavy atom. The number of benzene rings is 3. The molecule has 0 aromatic heterocycles. The third kappa shape index (κ3) is 7.85. The highest BCUT2D eigenvalue weighted by molar-refractivity contribution is 6.07. The number of methoxy groups -OCH3 is 1. The van der Waals surface area contributed by atoms with Gasteiger partial charge in [-0.2, -0.15) is 0 Å². The van der Waals surface area contributed by atoms with E-state index in [9.17, 15) is 19.7 Å². The zero-order chi connectivity index (χ0) is 31.6. The minimum Gasteiger partial charge on any atom is -0.468 e. The van der Waals surface area contributed by atoms with Gasteiger partial charge in [0.1, 0.15) is 5.92 Å². The first kappa shape index (κ1) is 32.3. The van der Waals surface area contributed by atoms with Gasteiger partial charge in [-0.3, -0.25) is 19.9 Å². The molecule has 0 saturated carbocycles. The summed E-state index contributed by atoms with van der Waals surface area (Å²) in [4.78, 5) is 44.0. The molecule has 0 aliphatic carbocycles. The summed E-state index contributed by atoms with van der Waals surface area (Å²) in [6, 6.07) is 26.9. The molecular weight excluding hydrogens is 558 g/mol. The minimum atomic E-state index is -0.915. The predicted octanol–water partition coefficient (Wildman–Crippen LogP) is 6.30. The van der Waals surface area contributed by atoms with Crippen LogP contribution in [0.5, 0.6) is 0 Å². The van der Waals surface area contributed by atoms with Gasteiger partial charge in [0.25, 0.3) is 5.69 Å². The quantitative estimate of drug-likeness (QED) is 0.0983. The van der Waals surface area contributed by atoms with E-state index in [2.05, 4.69) is 65.5 Å². The molecule has 230 valence electrons. The number of carbonyl (C=O) groups is 2. The van der Waals surface area contributed by atoms with Crippen molar-refractivity contribution in [1.82, 2.24) is 4.90 Å². The van der Waals surface area contributed by atoms with E-state index in [0.29, 0.717) is 23.4 Å². The van der Waals surface area contributed by atoms with Gasteiger partial charge in [-0.05, 0) is 57.0 Å². The van der Waals surface area contributed by atoms with Crippen LogP contribution < -0.4 is 0 Å². The lowest BCUT2D eigenvalue weighted by Crippen LogP contribution is -2.36. The second-order valence-electron chi connectivity index (χ2n) is 11.0. The Balaban J connectivity index is 1.41. The summed E-state index contributed by atoms with van der Waals surface area (Å²) in [5, 5.41) is 11.5. The maximum Gasteiger partial charge on any atom is 0.336 e. The fraction of sp³-hybridized carbons (Fsp3) is 0.343. The maximum atomic E-state index is 13.5. The third-order valence-corrected chi connectivity index (χ3v) is 8.06. The van der Waals surface area contributed by atoms with Gasteiger partial charge in [0.2, 0.25) is 0 Å². The average Bonchev–Trinajstić information content (AvgIpc) is 3.03. The van der Waals surface area contributed by atoms with E-state index in [4.69, 9.17) is 9.47 Å². The number of non-ortho nitro benzene ring substituents is 1. The number of hydrogen-bond donors (Lipinski definition) is 0. The molecular formula is C35H39N3O6. The van der Waals surface area contributed by atoms with E-state index >= 15 is 0 Å². The summed E-state index contributed by atoms with van der Waals surface area (Å²) >= 11 is 0. The summed E-state index contributed by atoms with van der Waals surface area (Å²) in [6.07, 6.45) is 1.55. The van der Waals surface area contributed by atoms with Crippen molar-refractivity contribution in [3.63, 3.8) is 0 Å². The van der Waals surface area contributed by atoms with Gasteiger partial charge in [0.15, 0.2) is 0 Å². The molecule has 3 aromatic rings. The van der Waals surface area contributed by atoms with Crippen LogP contribution in [0.2, 0.25) is 0 Å². The molecule has 4 rings (SSSR count). The Bertz CT molecular complexity index is 1480. The van der Waals surface area contributed by atoms with Crippen LogP contribution in [0.1, 0.15) is 55.2 Å². The Labute approximate surface area is 258 Å². The molecule has 0 radical (unpaired) electrons. The van der Waals surface area contributed by atoms with Crippen molar-refractivity contribution in [2.75, 3.05) is 33.9 Å². The largest absolute Gasteiger partial charge is 0.468 e. The number of aliphatic imine (C=N–C) groups is 1. The van der Waals surface area contributed by atoms with Gasteiger partial charge >= 0.3 is 11.9 Å². The number of ether oxygens (including phenoxy) is 2. The lowest BCUT2D eigenvalue weighted by Gasteiger charge is -2.31. The zero-order valence-corrected chi connectivity index (χ0v) is 25.6. The average molecular weight is 598 g/mol. The highest BCUT2D eigenvalue weighted by Crippen LogP contribution is 2.41. The van der Waals surface area contributed by atoms with Crippen molar-refractivity contribution in [3.8, 4) is 0 Å². The zero-order valence-electron chi connectivity index (χ0n) is 25.6. The number of nitro benzene ring substituents is 1. The van der Waals surface area contributed by atoms with Crippen molar-refractivity contribution in [3.05, 3.63) is 123 Å². The Kier molecular flexibility index (Phi) is 11.2. The number of carbonyl (C=O) groups excluding carboxylic acids is 2. The first-order valence-electron chi connectivity index (χ1n) is 14.7. The summed E-state index contributed by atoms with van der Waals surface area (Å²) in [7, 11) is 3.32. The number of nitrogens with zero attached hydrogens (tertiary/aromatic N) is 3. The molecule has 9 nitrogen and oxygen atoms in total. The fourth-order valence-corrected chi connectivity index (χ4v) is 5.86. The van der Waals surface area contributed by atoms with Crippen molar-refractivity contribution >= 4 is 23.3 Å². The van der Waals surface area contributed by atoms with Crippen LogP contribution in [0.25, 0.3) is 0 Å². The van der Waals surface area contributed by atoms with Crippen molar-refractivity contribution in [1.29, 1.82) is 0 Å². The third-order valence-electron chi connectivity index (χ3n) is 8.06. The van der Waals surface area contributed by atoms with Crippen molar-refractivity contribution in [2.45, 2.75) is 38.5 Å². The van der Waals surface area contributed by atoms with E-state index in [-0.39, 0.29) is 23.8 Å². The van der Waals surface area contributed by atoms with Gasteiger partial charge in [0, 0.05) is 41.9 Å². The topological polar surface area (TPSA) is 111 Å². The van der Waals surface area contributed by atoms with Crippen LogP contribution in [0.3, 0.4) is 0 Å². The number of hydrogen-bond acceptors (Lipinski definition) is 8. The summed E-state index contributed by atoms with van der Waals surface area (Å²) in [5.74, 6) is -2.65. The highest BCUT2D eigenvalue weighted by atomic mass is 16.6. The smallest absolute Gasteiger partial charge is 0.336 e. The van der Waals surface area contributed by atoms with Crippen LogP contribution in [0.15, 0.2) is 101 Å². The molecule has 2 atom stereocenters. The molecule has 0 saturated heterocycles. The van der Waals surface area contributed by atoms with E-state index in [1.54, 1.807) is 19.9 Å². The van der Waals surface area contributed by atoms with Gasteiger partial charge in [-0.1, -0.05) is 72.8 Å². The van der Waals surface area contributed by atoms with Gasteiger partial charge in [-0.25, -0.2) is 4.79 Å². The number of allylic oxidation sites excluding steroid dienone is 1.